The van der Waals surface area contributed by atoms with Crippen LogP contribution in [0.5, 0.6) is 0 Å². The van der Waals surface area contributed by atoms with Gasteiger partial charge in [0.05, 0.1) is 5.92 Å². The summed E-state index contributed by atoms with van der Waals surface area (Å²) < 4.78 is 12.8. The molecular weight excluding hydrogens is 235 g/mol. The minimum absolute atomic E-state index is 0.179. The van der Waals surface area contributed by atoms with Crippen molar-refractivity contribution in [3.05, 3.63) is 35.6 Å². The first-order valence-electron chi connectivity index (χ1n) is 6.12. The first-order chi connectivity index (χ1) is 8.59. The Morgan fingerprint density at radius 3 is 2.17 bits per heavy atom. The SMILES string of the molecule is O=C(O)[C@H]1CCCC[C@H]1C(=O)c1ccc(F)cc1. The summed E-state index contributed by atoms with van der Waals surface area (Å²) in [5, 5.41) is 9.14. The molecule has 3 nitrogen and oxygen atoms in total. The molecule has 0 amide bonds. The number of rotatable bonds is 3. The van der Waals surface area contributed by atoms with Crippen molar-refractivity contribution in [1.29, 1.82) is 0 Å². The Balaban J connectivity index is 2.20. The number of carboxylic acid groups (broad SMARTS) is 1. The number of carbonyl (C=O) groups excluding carboxylic acids is 1. The Labute approximate surface area is 105 Å². The van der Waals surface area contributed by atoms with Gasteiger partial charge in [-0.05, 0) is 37.1 Å². The number of carbonyl (C=O) groups is 2. The number of Topliss-reactive ketones (excluding diaryl/α,β-unsaturated/α-hetero) is 1. The third-order valence-electron chi connectivity index (χ3n) is 3.55. The summed E-state index contributed by atoms with van der Waals surface area (Å²) >= 11 is 0. The molecule has 0 heterocycles. The fourth-order valence-electron chi connectivity index (χ4n) is 2.57. The summed E-state index contributed by atoms with van der Waals surface area (Å²) in [5.41, 5.74) is 0.398. The fourth-order valence-corrected chi connectivity index (χ4v) is 2.57. The molecule has 1 saturated carbocycles. The van der Waals surface area contributed by atoms with Crippen LogP contribution >= 0.6 is 0 Å². The van der Waals surface area contributed by atoms with Crippen molar-refractivity contribution in [2.24, 2.45) is 11.8 Å². The minimum atomic E-state index is -0.907. The normalized spacial score (nSPS) is 23.6. The lowest BCUT2D eigenvalue weighted by molar-refractivity contribution is -0.144. The van der Waals surface area contributed by atoms with E-state index in [1.165, 1.54) is 24.3 Å². The molecule has 1 aliphatic rings. The molecule has 2 atom stereocenters. The van der Waals surface area contributed by atoms with Crippen molar-refractivity contribution < 1.29 is 19.1 Å². The van der Waals surface area contributed by atoms with E-state index in [1.807, 2.05) is 0 Å². The zero-order valence-electron chi connectivity index (χ0n) is 9.93. The van der Waals surface area contributed by atoms with Crippen molar-refractivity contribution in [2.45, 2.75) is 25.7 Å². The molecule has 1 N–H and O–H groups in total. The first kappa shape index (κ1) is 12.7. The third-order valence-corrected chi connectivity index (χ3v) is 3.55. The second-order valence-electron chi connectivity index (χ2n) is 4.71. The van der Waals surface area contributed by atoms with Gasteiger partial charge < -0.3 is 5.11 Å². The van der Waals surface area contributed by atoms with E-state index in [0.717, 1.165) is 12.8 Å². The van der Waals surface area contributed by atoms with E-state index < -0.39 is 23.6 Å². The van der Waals surface area contributed by atoms with Crippen molar-refractivity contribution >= 4 is 11.8 Å². The van der Waals surface area contributed by atoms with Crippen molar-refractivity contribution in [1.82, 2.24) is 0 Å². The molecule has 1 aromatic carbocycles. The second-order valence-corrected chi connectivity index (χ2v) is 4.71. The van der Waals surface area contributed by atoms with Gasteiger partial charge in [-0.1, -0.05) is 12.8 Å². The highest BCUT2D eigenvalue weighted by molar-refractivity contribution is 5.99. The van der Waals surface area contributed by atoms with Crippen LogP contribution < -0.4 is 0 Å². The quantitative estimate of drug-likeness (QED) is 0.839. The van der Waals surface area contributed by atoms with Gasteiger partial charge in [0.15, 0.2) is 5.78 Å². The van der Waals surface area contributed by atoms with Crippen LogP contribution in [0.1, 0.15) is 36.0 Å². The summed E-state index contributed by atoms with van der Waals surface area (Å²) in [7, 11) is 0. The molecule has 0 aromatic heterocycles. The summed E-state index contributed by atoms with van der Waals surface area (Å²) in [4.78, 5) is 23.4. The third kappa shape index (κ3) is 2.58. The molecule has 96 valence electrons. The predicted molar refractivity (Wildman–Crippen MR) is 63.8 cm³/mol. The maximum Gasteiger partial charge on any atom is 0.307 e. The molecular formula is C14H15FO3. The van der Waals surface area contributed by atoms with E-state index in [1.54, 1.807) is 0 Å². The van der Waals surface area contributed by atoms with E-state index in [4.69, 9.17) is 5.11 Å². The molecule has 4 heteroatoms. The van der Waals surface area contributed by atoms with Gasteiger partial charge in [-0.25, -0.2) is 4.39 Å². The van der Waals surface area contributed by atoms with Gasteiger partial charge in [0.1, 0.15) is 5.82 Å². The molecule has 0 aliphatic heterocycles. The van der Waals surface area contributed by atoms with E-state index in [-0.39, 0.29) is 5.78 Å². The molecule has 0 spiro atoms. The zero-order valence-corrected chi connectivity index (χ0v) is 9.93. The Hall–Kier alpha value is -1.71. The number of carboxylic acids is 1. The highest BCUT2D eigenvalue weighted by atomic mass is 19.1. The maximum absolute atomic E-state index is 12.8. The number of ketones is 1. The molecule has 18 heavy (non-hydrogen) atoms. The molecule has 2 rings (SSSR count). The van der Waals surface area contributed by atoms with Crippen LogP contribution in [0.4, 0.5) is 4.39 Å². The molecule has 1 fully saturated rings. The number of halogens is 1. The van der Waals surface area contributed by atoms with Crippen molar-refractivity contribution in [2.75, 3.05) is 0 Å². The molecule has 0 bridgehead atoms. The average Bonchev–Trinajstić information content (AvgIpc) is 2.39. The van der Waals surface area contributed by atoms with E-state index in [0.29, 0.717) is 18.4 Å². The summed E-state index contributed by atoms with van der Waals surface area (Å²) in [6.45, 7) is 0. The van der Waals surface area contributed by atoms with Crippen LogP contribution in [-0.4, -0.2) is 16.9 Å². The average molecular weight is 250 g/mol. The minimum Gasteiger partial charge on any atom is -0.481 e. The number of hydrogen-bond donors (Lipinski definition) is 1. The van der Waals surface area contributed by atoms with Crippen LogP contribution in [0.2, 0.25) is 0 Å². The number of benzene rings is 1. The highest BCUT2D eigenvalue weighted by Gasteiger charge is 2.35. The number of aliphatic carboxylic acids is 1. The Kier molecular flexibility index (Phi) is 3.75. The molecule has 0 unspecified atom stereocenters. The zero-order chi connectivity index (χ0) is 13.1. The van der Waals surface area contributed by atoms with E-state index in [2.05, 4.69) is 0 Å². The van der Waals surface area contributed by atoms with Crippen molar-refractivity contribution in [3.63, 3.8) is 0 Å². The van der Waals surface area contributed by atoms with Gasteiger partial charge in [-0.3, -0.25) is 9.59 Å². The molecule has 1 aromatic rings. The smallest absolute Gasteiger partial charge is 0.307 e. The van der Waals surface area contributed by atoms with Crippen LogP contribution in [-0.2, 0) is 4.79 Å². The number of hydrogen-bond acceptors (Lipinski definition) is 2. The van der Waals surface area contributed by atoms with E-state index in [9.17, 15) is 14.0 Å². The Bertz CT molecular complexity index is 453. The van der Waals surface area contributed by atoms with Crippen LogP contribution in [0.3, 0.4) is 0 Å². The molecule has 1 aliphatic carbocycles. The fraction of sp³-hybridized carbons (Fsp3) is 0.429. The summed E-state index contributed by atoms with van der Waals surface area (Å²) in [6, 6.07) is 5.30. The second kappa shape index (κ2) is 5.29. The maximum atomic E-state index is 12.8. The first-order valence-corrected chi connectivity index (χ1v) is 6.12. The van der Waals surface area contributed by atoms with Gasteiger partial charge >= 0.3 is 5.97 Å². The lowest BCUT2D eigenvalue weighted by atomic mass is 9.75. The topological polar surface area (TPSA) is 54.4 Å². The highest BCUT2D eigenvalue weighted by Crippen LogP contribution is 2.32. The standard InChI is InChI=1S/C14H15FO3/c15-10-7-5-9(6-8-10)13(16)11-3-1-2-4-12(11)14(17)18/h5-8,11-12H,1-4H2,(H,17,18)/t11-,12+/m1/s1. The van der Waals surface area contributed by atoms with Crippen LogP contribution in [0.25, 0.3) is 0 Å². The summed E-state index contributed by atoms with van der Waals surface area (Å²) in [6.07, 6.45) is 2.88. The lowest BCUT2D eigenvalue weighted by Gasteiger charge is -2.27. The van der Waals surface area contributed by atoms with E-state index >= 15 is 0 Å². The van der Waals surface area contributed by atoms with Crippen LogP contribution in [0, 0.1) is 17.7 Å². The summed E-state index contributed by atoms with van der Waals surface area (Å²) in [5.74, 6) is -2.56. The Morgan fingerprint density at radius 1 is 1.06 bits per heavy atom. The lowest BCUT2D eigenvalue weighted by Crippen LogP contribution is -2.32. The molecule has 0 saturated heterocycles. The Morgan fingerprint density at radius 2 is 1.61 bits per heavy atom. The van der Waals surface area contributed by atoms with Gasteiger partial charge in [0.25, 0.3) is 0 Å². The predicted octanol–water partition coefficient (Wildman–Crippen LogP) is 2.90. The largest absolute Gasteiger partial charge is 0.481 e. The van der Waals surface area contributed by atoms with Gasteiger partial charge in [0, 0.05) is 11.5 Å². The monoisotopic (exact) mass is 250 g/mol. The van der Waals surface area contributed by atoms with Crippen molar-refractivity contribution in [3.8, 4) is 0 Å². The van der Waals surface area contributed by atoms with Gasteiger partial charge in [-0.2, -0.15) is 0 Å². The van der Waals surface area contributed by atoms with Gasteiger partial charge in [0.2, 0.25) is 0 Å². The van der Waals surface area contributed by atoms with Crippen LogP contribution in [0.15, 0.2) is 24.3 Å². The van der Waals surface area contributed by atoms with Gasteiger partial charge in [-0.15, -0.1) is 0 Å². The molecule has 0 radical (unpaired) electrons.